The minimum absolute atomic E-state index is 0. The van der Waals surface area contributed by atoms with Gasteiger partial charge in [0.2, 0.25) is 0 Å². The maximum Gasteiger partial charge on any atom is 1.00 e. The van der Waals surface area contributed by atoms with Gasteiger partial charge in [0.1, 0.15) is 5.60 Å². The Morgan fingerprint density at radius 1 is 1.29 bits per heavy atom. The second-order valence-electron chi connectivity index (χ2n) is 9.36. The fourth-order valence-electron chi connectivity index (χ4n) is 4.29. The van der Waals surface area contributed by atoms with E-state index < -0.39 is 5.82 Å². The van der Waals surface area contributed by atoms with Crippen molar-refractivity contribution < 1.29 is 65.2 Å². The van der Waals surface area contributed by atoms with Gasteiger partial charge in [-0.3, -0.25) is 10.8 Å². The smallest absolute Gasteiger partial charge is 0.484 e. The van der Waals surface area contributed by atoms with Crippen LogP contribution in [0.5, 0.6) is 5.75 Å². The molecule has 8 nitrogen and oxygen atoms in total. The zero-order valence-corrected chi connectivity index (χ0v) is 23.6. The number of allylic oxidation sites excluding steroid dienone is 1. The first kappa shape index (κ1) is 27.6. The fraction of sp³-hybridized carbons (Fsp3) is 0.583. The number of hydrogen-bond donors (Lipinski definition) is 3. The maximum atomic E-state index is 14.3. The molecule has 10 heteroatoms. The zero-order valence-electron chi connectivity index (χ0n) is 20.5. The normalized spacial score (nSPS) is 22.1. The Morgan fingerprint density at radius 3 is 2.59 bits per heavy atom. The molecule has 180 valence electrons. The first-order chi connectivity index (χ1) is 15.8. The van der Waals surface area contributed by atoms with Gasteiger partial charge in [-0.1, -0.05) is 12.9 Å². The average molecular weight is 497 g/mol. The minimum Gasteiger partial charge on any atom is -0.484 e. The van der Waals surface area contributed by atoms with Crippen LogP contribution in [0, 0.1) is 16.6 Å². The predicted molar refractivity (Wildman–Crippen MR) is 128 cm³/mol. The van der Waals surface area contributed by atoms with Crippen molar-refractivity contribution in [2.75, 3.05) is 52.1 Å². The first-order valence-electron chi connectivity index (χ1n) is 11.6. The van der Waals surface area contributed by atoms with E-state index in [0.29, 0.717) is 11.9 Å². The third-order valence-corrected chi connectivity index (χ3v) is 6.64. The standard InChI is InChI=1S/C24H34FN6O2.K/c1-24(5-6-24)33-21-12-17(19(26)13-18(21)25)23(28)20(27)14-22(29-2)31-9-7-30(8-10-31)15-16-4-3-11-32-16;/h12-14,16,27-28H,3-11,15,26H2,1-2H3;/q-1;+1/b22-14+,27-20?,28-23?;. The number of piperazine rings is 1. The summed E-state index contributed by atoms with van der Waals surface area (Å²) in [4.78, 5) is 4.54. The number of benzene rings is 1. The Bertz CT molecular complexity index is 938. The molecule has 2 aliphatic heterocycles. The Kier molecular flexibility index (Phi) is 9.58. The molecule has 0 aromatic heterocycles. The molecule has 3 fully saturated rings. The van der Waals surface area contributed by atoms with Crippen LogP contribution in [0.3, 0.4) is 0 Å². The van der Waals surface area contributed by atoms with Gasteiger partial charge in [-0.25, -0.2) is 4.39 Å². The summed E-state index contributed by atoms with van der Waals surface area (Å²) in [5.74, 6) is 0.178. The molecule has 0 spiro atoms. The van der Waals surface area contributed by atoms with Crippen LogP contribution >= 0.6 is 0 Å². The van der Waals surface area contributed by atoms with Gasteiger partial charge in [0.15, 0.2) is 11.6 Å². The summed E-state index contributed by atoms with van der Waals surface area (Å²) < 4.78 is 25.9. The molecule has 0 amide bonds. The van der Waals surface area contributed by atoms with Crippen LogP contribution in [0.4, 0.5) is 10.1 Å². The van der Waals surface area contributed by atoms with Gasteiger partial charge in [0.05, 0.1) is 17.5 Å². The van der Waals surface area contributed by atoms with Crippen molar-refractivity contribution in [2.24, 2.45) is 0 Å². The van der Waals surface area contributed by atoms with Gasteiger partial charge in [-0.15, -0.1) is 0 Å². The summed E-state index contributed by atoms with van der Waals surface area (Å²) in [6.07, 6.45) is 5.94. The Balaban J connectivity index is 0.00000324. The van der Waals surface area contributed by atoms with Crippen LogP contribution in [-0.2, 0) is 4.74 Å². The van der Waals surface area contributed by atoms with E-state index in [1.165, 1.54) is 12.1 Å². The van der Waals surface area contributed by atoms with Crippen LogP contribution in [-0.4, -0.2) is 79.3 Å². The number of anilines is 1. The summed E-state index contributed by atoms with van der Waals surface area (Å²) >= 11 is 0. The summed E-state index contributed by atoms with van der Waals surface area (Å²) in [6.45, 7) is 7.16. The van der Waals surface area contributed by atoms with Gasteiger partial charge in [0.25, 0.3) is 0 Å². The fourth-order valence-corrected chi connectivity index (χ4v) is 4.29. The monoisotopic (exact) mass is 496 g/mol. The molecule has 1 aliphatic carbocycles. The van der Waals surface area contributed by atoms with Crippen molar-refractivity contribution in [1.82, 2.24) is 9.80 Å². The number of hydrogen-bond acceptors (Lipinski definition) is 7. The zero-order chi connectivity index (χ0) is 23.6. The number of nitrogens with two attached hydrogens (primary N) is 1. The van der Waals surface area contributed by atoms with Crippen molar-refractivity contribution in [3.63, 3.8) is 0 Å². The van der Waals surface area contributed by atoms with Gasteiger partial charge in [-0.05, 0) is 70.9 Å². The van der Waals surface area contributed by atoms with Crippen molar-refractivity contribution >= 4 is 17.1 Å². The number of rotatable bonds is 9. The molecule has 2 saturated heterocycles. The summed E-state index contributed by atoms with van der Waals surface area (Å²) in [5, 5.41) is 21.4. The van der Waals surface area contributed by atoms with Gasteiger partial charge >= 0.3 is 51.4 Å². The molecule has 4 rings (SSSR count). The molecule has 3 aliphatic rings. The van der Waals surface area contributed by atoms with E-state index in [0.717, 1.165) is 65.0 Å². The molecule has 34 heavy (non-hydrogen) atoms. The topological polar surface area (TPSA) is 113 Å². The van der Waals surface area contributed by atoms with E-state index in [1.54, 1.807) is 13.1 Å². The quantitative estimate of drug-likeness (QED) is 0.260. The second kappa shape index (κ2) is 11.8. The number of halogens is 1. The average Bonchev–Trinajstić information content (AvgIpc) is 3.29. The molecule has 1 aromatic rings. The van der Waals surface area contributed by atoms with Gasteiger partial charge in [-0.2, -0.15) is 0 Å². The number of nitrogens with zero attached hydrogens (tertiary/aromatic N) is 3. The van der Waals surface area contributed by atoms with Crippen molar-refractivity contribution in [1.29, 1.82) is 10.8 Å². The van der Waals surface area contributed by atoms with Gasteiger partial charge in [0, 0.05) is 30.5 Å². The molecule has 0 bridgehead atoms. The minimum atomic E-state index is -0.552. The molecule has 1 unspecified atom stereocenters. The van der Waals surface area contributed by atoms with E-state index in [9.17, 15) is 4.39 Å². The van der Waals surface area contributed by atoms with E-state index in [2.05, 4.69) is 15.1 Å². The molecule has 1 saturated carbocycles. The Hall–Kier alpha value is -1.01. The van der Waals surface area contributed by atoms with E-state index >= 15 is 0 Å². The van der Waals surface area contributed by atoms with Crippen LogP contribution in [0.1, 0.15) is 38.2 Å². The van der Waals surface area contributed by atoms with E-state index in [4.69, 9.17) is 26.0 Å². The van der Waals surface area contributed by atoms with Crippen molar-refractivity contribution in [3.8, 4) is 5.75 Å². The van der Waals surface area contributed by atoms with Gasteiger partial charge < -0.3 is 30.3 Å². The largest absolute Gasteiger partial charge is 1.00 e. The van der Waals surface area contributed by atoms with E-state index in [1.807, 2.05) is 6.92 Å². The molecular weight excluding hydrogens is 462 g/mol. The molecule has 1 atom stereocenters. The molecule has 1 aromatic carbocycles. The molecule has 2 heterocycles. The summed E-state index contributed by atoms with van der Waals surface area (Å²) in [5.41, 5.74) is 5.92. The second-order valence-corrected chi connectivity index (χ2v) is 9.36. The molecule has 0 radical (unpaired) electrons. The van der Waals surface area contributed by atoms with Crippen LogP contribution in [0.2, 0.25) is 0 Å². The maximum absolute atomic E-state index is 14.3. The summed E-state index contributed by atoms with van der Waals surface area (Å²) in [6, 6.07) is 2.60. The number of ether oxygens (including phenoxy) is 2. The van der Waals surface area contributed by atoms with Crippen LogP contribution in [0.25, 0.3) is 5.32 Å². The molecular formula is C24H34FKN6O2. The first-order valence-corrected chi connectivity index (χ1v) is 11.6. The van der Waals surface area contributed by atoms with E-state index in [-0.39, 0.29) is 85.4 Å². The number of nitrogen functional groups attached to an aromatic ring is 1. The number of nitrogens with one attached hydrogen (secondary N) is 2. The van der Waals surface area contributed by atoms with Crippen LogP contribution < -0.4 is 61.9 Å². The summed E-state index contributed by atoms with van der Waals surface area (Å²) in [7, 11) is 1.69. The predicted octanol–water partition coefficient (Wildman–Crippen LogP) is 0.372. The van der Waals surface area contributed by atoms with Crippen molar-refractivity contribution in [3.05, 3.63) is 40.7 Å². The third kappa shape index (κ3) is 6.81. The van der Waals surface area contributed by atoms with Crippen LogP contribution in [0.15, 0.2) is 24.0 Å². The SMILES string of the molecule is C[N-]/C(=C\C(=N)C(=N)c1cc(OC2(C)CC2)c(F)cc1N)N1CCN(CC2CCCO2)CC1.[K+]. The third-order valence-electron chi connectivity index (χ3n) is 6.64. The van der Waals surface area contributed by atoms with Crippen molar-refractivity contribution in [2.45, 2.75) is 44.3 Å². The Morgan fingerprint density at radius 2 is 2.00 bits per heavy atom. The Labute approximate surface area is 243 Å². The molecule has 4 N–H and O–H groups in total.